The second-order valence-corrected chi connectivity index (χ2v) is 13.6. The minimum absolute atomic E-state index is 0.0884. The van der Waals surface area contributed by atoms with Crippen molar-refractivity contribution in [1.29, 1.82) is 0 Å². The molecule has 2 saturated heterocycles. The molecule has 5 nitrogen and oxygen atoms in total. The monoisotopic (exact) mass is 547 g/mol. The summed E-state index contributed by atoms with van der Waals surface area (Å²) in [6.07, 6.45) is 29.4. The summed E-state index contributed by atoms with van der Waals surface area (Å²) >= 11 is 0. The Balaban J connectivity index is 0.000000580. The Morgan fingerprint density at radius 3 is 2.52 bits per heavy atom. The van der Waals surface area contributed by atoms with Gasteiger partial charge in [0, 0.05) is 18.2 Å². The van der Waals surface area contributed by atoms with Crippen LogP contribution in [0.5, 0.6) is 0 Å². The van der Waals surface area contributed by atoms with Gasteiger partial charge < -0.3 is 9.94 Å². The average molecular weight is 548 g/mol. The highest BCUT2D eigenvalue weighted by Gasteiger charge is 2.60. The van der Waals surface area contributed by atoms with Gasteiger partial charge in [0.25, 0.3) is 0 Å². The number of hydrogen-bond acceptors (Lipinski definition) is 4. The first-order chi connectivity index (χ1) is 19.3. The maximum atomic E-state index is 10.8. The Labute approximate surface area is 243 Å². The van der Waals surface area contributed by atoms with Crippen LogP contribution in [-0.4, -0.2) is 44.8 Å². The summed E-state index contributed by atoms with van der Waals surface area (Å²) in [4.78, 5) is 0. The number of allylic oxidation sites excluding steroid dienone is 1. The molecular weight excluding hydrogens is 494 g/mol. The third-order valence-corrected chi connectivity index (χ3v) is 12.0. The van der Waals surface area contributed by atoms with Crippen molar-refractivity contribution in [3.63, 3.8) is 0 Å². The summed E-state index contributed by atoms with van der Waals surface area (Å²) < 4.78 is 6.99. The lowest BCUT2D eigenvalue weighted by molar-refractivity contribution is -0.178. The van der Waals surface area contributed by atoms with Crippen molar-refractivity contribution in [2.45, 2.75) is 117 Å². The highest BCUT2D eigenvalue weighted by atomic mass is 16.5. The van der Waals surface area contributed by atoms with Gasteiger partial charge in [-0.1, -0.05) is 45.8 Å². The van der Waals surface area contributed by atoms with Crippen molar-refractivity contribution >= 4 is 0 Å². The Morgan fingerprint density at radius 1 is 1.07 bits per heavy atom. The van der Waals surface area contributed by atoms with E-state index in [2.05, 4.69) is 69.8 Å². The number of hydrogen-bond donors (Lipinski definition) is 2. The predicted molar refractivity (Wildman–Crippen MR) is 162 cm³/mol. The van der Waals surface area contributed by atoms with Gasteiger partial charge in [-0.05, 0) is 105 Å². The molecule has 0 amide bonds. The van der Waals surface area contributed by atoms with Crippen LogP contribution < -0.4 is 0 Å². The van der Waals surface area contributed by atoms with Gasteiger partial charge in [-0.15, -0.1) is 25.7 Å². The highest BCUT2D eigenvalue weighted by molar-refractivity contribution is 5.32. The SMILES string of the molecule is C#C.C#C.CC.CC1=C2CC3[C@@H](CCC4Cc5[nH]ncc5C[C@@]43C)C2CCC2(C1)OC1CC(C)CN(O)C1[C@H]2C. The minimum atomic E-state index is -0.0884. The quantitative estimate of drug-likeness (QED) is 0.269. The van der Waals surface area contributed by atoms with Crippen molar-refractivity contribution in [2.75, 3.05) is 6.54 Å². The second-order valence-electron chi connectivity index (χ2n) is 13.6. The fourth-order valence-electron chi connectivity index (χ4n) is 10.2. The van der Waals surface area contributed by atoms with Gasteiger partial charge >= 0.3 is 0 Å². The molecule has 0 aromatic carbocycles. The van der Waals surface area contributed by atoms with E-state index in [1.165, 1.54) is 49.8 Å². The molecule has 0 bridgehead atoms. The standard InChI is InChI=1S/C29H43N3O2.C2H6.2C2H2/c1-16-9-26-27(32(33)15-16)18(3)29(34-26)8-7-21-22-6-5-20-10-25-19(14-30-31-25)13-28(20,4)24(22)11-23(21)17(2)12-29;3*1-2/h14,16,18,20-22,24,26-27,33H,5-13,15H2,1-4H3,(H,30,31);1-2H3;2*1-2H/t16?,18-,20?,21?,22+,24?,26?,27?,28+,29?;;;/m1.../s1. The lowest BCUT2D eigenvalue weighted by Gasteiger charge is -2.52. The van der Waals surface area contributed by atoms with Crippen LogP contribution in [0, 0.1) is 66.6 Å². The molecule has 1 spiro atoms. The van der Waals surface area contributed by atoms with Crippen LogP contribution >= 0.6 is 0 Å². The molecule has 5 heteroatoms. The zero-order chi connectivity index (χ0) is 29.4. The number of piperidine rings is 1. The molecule has 6 aliphatic rings. The van der Waals surface area contributed by atoms with E-state index in [4.69, 9.17) is 4.74 Å². The summed E-state index contributed by atoms with van der Waals surface area (Å²) in [6.45, 7) is 14.5. The van der Waals surface area contributed by atoms with E-state index in [-0.39, 0.29) is 17.7 Å². The van der Waals surface area contributed by atoms with Gasteiger partial charge in [0.1, 0.15) is 0 Å². The number of rotatable bonds is 0. The lowest BCUT2D eigenvalue weighted by atomic mass is 9.52. The Kier molecular flexibility index (Phi) is 9.31. The normalized spacial score (nSPS) is 43.1. The molecule has 40 heavy (non-hydrogen) atoms. The van der Waals surface area contributed by atoms with E-state index >= 15 is 0 Å². The van der Waals surface area contributed by atoms with Gasteiger partial charge in [-0.25, -0.2) is 0 Å². The third kappa shape index (κ3) is 4.77. The number of nitrogens with one attached hydrogen (secondary N) is 1. The van der Waals surface area contributed by atoms with Crippen LogP contribution in [0.25, 0.3) is 0 Å². The van der Waals surface area contributed by atoms with Gasteiger partial charge in [0.15, 0.2) is 0 Å². The number of terminal acetylenes is 2. The first kappa shape index (κ1) is 30.9. The number of ether oxygens (including phenoxy) is 1. The maximum Gasteiger partial charge on any atom is 0.0768 e. The van der Waals surface area contributed by atoms with Crippen LogP contribution in [0.2, 0.25) is 0 Å². The highest BCUT2D eigenvalue weighted by Crippen LogP contribution is 2.64. The van der Waals surface area contributed by atoms with Crippen LogP contribution in [0.3, 0.4) is 0 Å². The molecule has 1 aromatic rings. The van der Waals surface area contributed by atoms with Gasteiger partial charge in [-0.3, -0.25) is 5.10 Å². The topological polar surface area (TPSA) is 61.4 Å². The fraction of sp³-hybridized carbons (Fsp3) is 0.743. The Hall–Kier alpha value is -2.05. The van der Waals surface area contributed by atoms with E-state index < -0.39 is 0 Å². The summed E-state index contributed by atoms with van der Waals surface area (Å²) in [7, 11) is 0. The van der Waals surface area contributed by atoms with E-state index in [1.807, 2.05) is 13.8 Å². The Morgan fingerprint density at radius 2 is 1.80 bits per heavy atom. The first-order valence-corrected chi connectivity index (χ1v) is 15.8. The van der Waals surface area contributed by atoms with E-state index in [0.717, 1.165) is 49.5 Å². The van der Waals surface area contributed by atoms with Crippen molar-refractivity contribution < 1.29 is 9.94 Å². The molecule has 2 saturated carbocycles. The summed E-state index contributed by atoms with van der Waals surface area (Å²) in [5, 5.41) is 20.1. The maximum absolute atomic E-state index is 10.8. The van der Waals surface area contributed by atoms with E-state index in [0.29, 0.717) is 17.3 Å². The molecule has 220 valence electrons. The largest absolute Gasteiger partial charge is 0.369 e. The van der Waals surface area contributed by atoms with E-state index in [9.17, 15) is 5.21 Å². The van der Waals surface area contributed by atoms with Crippen LogP contribution in [0.15, 0.2) is 17.3 Å². The second kappa shape index (κ2) is 12.1. The molecule has 7 rings (SSSR count). The summed E-state index contributed by atoms with van der Waals surface area (Å²) in [5.74, 6) is 4.08. The zero-order valence-electron chi connectivity index (χ0n) is 25.8. The summed E-state index contributed by atoms with van der Waals surface area (Å²) in [6, 6.07) is 0.167. The molecule has 7 unspecified atom stereocenters. The number of H-pyrrole nitrogens is 1. The van der Waals surface area contributed by atoms with Crippen molar-refractivity contribution in [3.8, 4) is 25.7 Å². The van der Waals surface area contributed by atoms with Gasteiger partial charge in [0.2, 0.25) is 0 Å². The van der Waals surface area contributed by atoms with Crippen LogP contribution in [0.1, 0.15) is 97.7 Å². The van der Waals surface area contributed by atoms with Crippen LogP contribution in [-0.2, 0) is 17.6 Å². The molecule has 1 aromatic heterocycles. The molecule has 2 N–H and O–H groups in total. The molecule has 2 aliphatic heterocycles. The molecular formula is C35H53N3O2. The number of fused-ring (bicyclic) bond motifs is 7. The first-order valence-electron chi connectivity index (χ1n) is 15.8. The smallest absolute Gasteiger partial charge is 0.0768 e. The van der Waals surface area contributed by atoms with Crippen molar-refractivity contribution in [2.24, 2.45) is 40.9 Å². The predicted octanol–water partition coefficient (Wildman–Crippen LogP) is 7.08. The summed E-state index contributed by atoms with van der Waals surface area (Å²) in [5.41, 5.74) is 6.64. The molecule has 4 aliphatic carbocycles. The van der Waals surface area contributed by atoms with Gasteiger partial charge in [0.05, 0.1) is 23.9 Å². The lowest BCUT2D eigenvalue weighted by Crippen LogP contribution is -2.50. The van der Waals surface area contributed by atoms with Gasteiger partial charge in [-0.2, -0.15) is 10.2 Å². The Bertz CT molecular complexity index is 1100. The molecule has 3 heterocycles. The molecule has 10 atom stereocenters. The molecule has 4 fully saturated rings. The number of hydroxylamine groups is 2. The fourth-order valence-corrected chi connectivity index (χ4v) is 10.2. The van der Waals surface area contributed by atoms with Crippen molar-refractivity contribution in [3.05, 3.63) is 28.6 Å². The number of aromatic nitrogens is 2. The third-order valence-electron chi connectivity index (χ3n) is 12.0. The van der Waals surface area contributed by atoms with Crippen molar-refractivity contribution in [1.82, 2.24) is 15.3 Å². The zero-order valence-corrected chi connectivity index (χ0v) is 25.8. The number of nitrogens with zero attached hydrogens (tertiary/aromatic N) is 2. The molecule has 0 radical (unpaired) electrons. The minimum Gasteiger partial charge on any atom is -0.369 e. The average Bonchev–Trinajstić information content (AvgIpc) is 3.61. The van der Waals surface area contributed by atoms with E-state index in [1.54, 1.807) is 16.2 Å². The number of aromatic amines is 1. The van der Waals surface area contributed by atoms with Crippen LogP contribution in [0.4, 0.5) is 0 Å².